The van der Waals surface area contributed by atoms with Gasteiger partial charge in [-0.3, -0.25) is 0 Å². The Balaban J connectivity index is 1.75. The van der Waals surface area contributed by atoms with Gasteiger partial charge in [-0.15, -0.1) is 0 Å². The molecule has 0 aliphatic carbocycles. The van der Waals surface area contributed by atoms with E-state index in [1.54, 1.807) is 19.9 Å². The number of aryl methyl sites for hydroxylation is 2. The molecule has 0 unspecified atom stereocenters. The molecule has 3 rings (SSSR count). The van der Waals surface area contributed by atoms with Crippen molar-refractivity contribution in [3.8, 4) is 11.3 Å². The van der Waals surface area contributed by atoms with Crippen molar-refractivity contribution >= 4 is 10.0 Å². The van der Waals surface area contributed by atoms with Crippen LogP contribution in [0.2, 0.25) is 0 Å². The zero-order chi connectivity index (χ0) is 16.4. The first-order valence-corrected chi connectivity index (χ1v) is 8.39. The minimum atomic E-state index is -3.72. The summed E-state index contributed by atoms with van der Waals surface area (Å²) in [6, 6.07) is 11.1. The second-order valence-corrected chi connectivity index (χ2v) is 6.73. The van der Waals surface area contributed by atoms with Gasteiger partial charge in [0.1, 0.15) is 10.6 Å². The summed E-state index contributed by atoms with van der Waals surface area (Å²) in [5.41, 5.74) is 1.68. The fourth-order valence-electron chi connectivity index (χ4n) is 2.23. The summed E-state index contributed by atoms with van der Waals surface area (Å²) in [5.74, 6) is 0.831. The van der Waals surface area contributed by atoms with Crippen molar-refractivity contribution in [1.82, 2.24) is 15.0 Å². The Hall–Kier alpha value is -2.45. The van der Waals surface area contributed by atoms with Crippen molar-refractivity contribution in [2.24, 2.45) is 0 Å². The van der Waals surface area contributed by atoms with Crippen molar-refractivity contribution in [2.45, 2.75) is 25.3 Å². The van der Waals surface area contributed by atoms with Crippen molar-refractivity contribution in [3.05, 3.63) is 53.5 Å². The van der Waals surface area contributed by atoms with Gasteiger partial charge in [0.25, 0.3) is 0 Å². The molecule has 23 heavy (non-hydrogen) atoms. The third kappa shape index (κ3) is 3.17. The lowest BCUT2D eigenvalue weighted by Crippen LogP contribution is -2.24. The molecule has 0 saturated heterocycles. The van der Waals surface area contributed by atoms with E-state index in [2.05, 4.69) is 15.0 Å². The summed E-state index contributed by atoms with van der Waals surface area (Å²) in [4.78, 5) is 0.0595. The van der Waals surface area contributed by atoms with Crippen molar-refractivity contribution in [2.75, 3.05) is 0 Å². The number of sulfonamides is 1. The minimum Gasteiger partial charge on any atom is -0.360 e. The lowest BCUT2D eigenvalue weighted by molar-refractivity contribution is 0.390. The molecule has 0 bridgehead atoms. The SMILES string of the molecule is Cc1noc(C)c1S(=O)(=O)NCc1cc(-c2ccccc2)on1. The molecule has 0 aliphatic heterocycles. The van der Waals surface area contributed by atoms with Crippen molar-refractivity contribution < 1.29 is 17.5 Å². The zero-order valence-corrected chi connectivity index (χ0v) is 13.4. The molecule has 1 N–H and O–H groups in total. The third-order valence-electron chi connectivity index (χ3n) is 3.30. The Kier molecular flexibility index (Phi) is 4.01. The highest BCUT2D eigenvalue weighted by atomic mass is 32.2. The van der Waals surface area contributed by atoms with E-state index in [9.17, 15) is 8.42 Å². The lowest BCUT2D eigenvalue weighted by Gasteiger charge is -2.03. The highest BCUT2D eigenvalue weighted by molar-refractivity contribution is 7.89. The molecule has 2 heterocycles. The summed E-state index contributed by atoms with van der Waals surface area (Å²) < 4.78 is 37.2. The smallest absolute Gasteiger partial charge is 0.246 e. The summed E-state index contributed by atoms with van der Waals surface area (Å²) in [6.07, 6.45) is 0. The van der Waals surface area contributed by atoms with Crippen molar-refractivity contribution in [3.63, 3.8) is 0 Å². The first-order chi connectivity index (χ1) is 11.0. The van der Waals surface area contributed by atoms with Crippen LogP contribution in [0.1, 0.15) is 17.1 Å². The van der Waals surface area contributed by atoms with Crippen molar-refractivity contribution in [1.29, 1.82) is 0 Å². The predicted molar refractivity (Wildman–Crippen MR) is 81.9 cm³/mol. The number of benzene rings is 1. The first-order valence-electron chi connectivity index (χ1n) is 6.91. The molecule has 0 fully saturated rings. The second-order valence-electron chi connectivity index (χ2n) is 5.03. The van der Waals surface area contributed by atoms with E-state index >= 15 is 0 Å². The van der Waals surface area contributed by atoms with Gasteiger partial charge in [0.2, 0.25) is 10.0 Å². The third-order valence-corrected chi connectivity index (χ3v) is 4.94. The monoisotopic (exact) mass is 333 g/mol. The number of nitrogens with one attached hydrogen (secondary N) is 1. The minimum absolute atomic E-state index is 0.0166. The maximum Gasteiger partial charge on any atom is 0.246 e. The second kappa shape index (κ2) is 5.98. The van der Waals surface area contributed by atoms with E-state index in [1.165, 1.54) is 0 Å². The lowest BCUT2D eigenvalue weighted by atomic mass is 10.2. The Morgan fingerprint density at radius 2 is 1.83 bits per heavy atom. The van der Waals surface area contributed by atoms with Crippen LogP contribution in [-0.4, -0.2) is 18.7 Å². The average molecular weight is 333 g/mol. The quantitative estimate of drug-likeness (QED) is 0.770. The maximum absolute atomic E-state index is 12.3. The molecule has 1 aromatic carbocycles. The molecule has 0 saturated carbocycles. The molecule has 3 aromatic rings. The molecule has 0 atom stereocenters. The van der Waals surface area contributed by atoms with Crippen LogP contribution < -0.4 is 4.72 Å². The Labute approximate surface area is 133 Å². The van der Waals surface area contributed by atoms with Gasteiger partial charge in [-0.1, -0.05) is 40.6 Å². The molecule has 7 nitrogen and oxygen atoms in total. The average Bonchev–Trinajstić information content (AvgIpc) is 3.13. The molecule has 120 valence electrons. The van der Waals surface area contributed by atoms with Crippen LogP contribution in [-0.2, 0) is 16.6 Å². The highest BCUT2D eigenvalue weighted by Crippen LogP contribution is 2.21. The fourth-order valence-corrected chi connectivity index (χ4v) is 3.56. The summed E-state index contributed by atoms with van der Waals surface area (Å²) >= 11 is 0. The van der Waals surface area contributed by atoms with Gasteiger partial charge in [0, 0.05) is 11.6 Å². The molecule has 0 spiro atoms. The number of hydrogen-bond acceptors (Lipinski definition) is 6. The van der Waals surface area contributed by atoms with Gasteiger partial charge < -0.3 is 9.05 Å². The Bertz CT molecular complexity index is 894. The molecule has 0 amide bonds. The number of rotatable bonds is 5. The van der Waals surface area contributed by atoms with Gasteiger partial charge in [-0.05, 0) is 13.8 Å². The Morgan fingerprint density at radius 3 is 2.48 bits per heavy atom. The molecule has 8 heteroatoms. The van der Waals surface area contributed by atoms with Gasteiger partial charge in [-0.2, -0.15) is 0 Å². The predicted octanol–water partition coefficient (Wildman–Crippen LogP) is 2.42. The largest absolute Gasteiger partial charge is 0.360 e. The van der Waals surface area contributed by atoms with Crippen LogP contribution in [0.25, 0.3) is 11.3 Å². The van der Waals surface area contributed by atoms with Crippen LogP contribution in [0.5, 0.6) is 0 Å². The van der Waals surface area contributed by atoms with E-state index in [0.29, 0.717) is 17.1 Å². The number of nitrogens with zero attached hydrogens (tertiary/aromatic N) is 2. The molecular formula is C15H15N3O4S. The van der Waals surface area contributed by atoms with Crippen LogP contribution in [0.4, 0.5) is 0 Å². The fraction of sp³-hybridized carbons (Fsp3) is 0.200. The summed E-state index contributed by atoms with van der Waals surface area (Å²) in [5, 5.41) is 7.53. The summed E-state index contributed by atoms with van der Waals surface area (Å²) in [7, 11) is -3.72. The van der Waals surface area contributed by atoms with E-state index in [0.717, 1.165) is 5.56 Å². The summed E-state index contributed by atoms with van der Waals surface area (Å²) in [6.45, 7) is 3.15. The molecule has 0 aliphatic rings. The van der Waals surface area contributed by atoms with Crippen LogP contribution in [0.3, 0.4) is 0 Å². The van der Waals surface area contributed by atoms with Gasteiger partial charge in [0.15, 0.2) is 11.5 Å². The van der Waals surface area contributed by atoms with Crippen LogP contribution >= 0.6 is 0 Å². The van der Waals surface area contributed by atoms with E-state index in [-0.39, 0.29) is 17.2 Å². The van der Waals surface area contributed by atoms with Crippen LogP contribution in [0.15, 0.2) is 50.3 Å². The standard InChI is InChI=1S/C15H15N3O4S/c1-10-15(11(2)21-17-10)23(19,20)16-9-13-8-14(22-18-13)12-6-4-3-5-7-12/h3-8,16H,9H2,1-2H3. The van der Waals surface area contributed by atoms with E-state index in [4.69, 9.17) is 9.05 Å². The topological polar surface area (TPSA) is 98.2 Å². The molecule has 2 aromatic heterocycles. The van der Waals surface area contributed by atoms with Gasteiger partial charge in [0.05, 0.1) is 12.2 Å². The molecule has 0 radical (unpaired) electrons. The number of hydrogen-bond donors (Lipinski definition) is 1. The van der Waals surface area contributed by atoms with E-state index in [1.807, 2.05) is 30.3 Å². The zero-order valence-electron chi connectivity index (χ0n) is 12.6. The first kappa shape index (κ1) is 15.4. The molecular weight excluding hydrogens is 318 g/mol. The normalized spacial score (nSPS) is 11.7. The van der Waals surface area contributed by atoms with Gasteiger partial charge >= 0.3 is 0 Å². The Morgan fingerprint density at radius 1 is 1.09 bits per heavy atom. The number of aromatic nitrogens is 2. The maximum atomic E-state index is 12.3. The highest BCUT2D eigenvalue weighted by Gasteiger charge is 2.24. The van der Waals surface area contributed by atoms with Gasteiger partial charge in [-0.25, -0.2) is 13.1 Å². The van der Waals surface area contributed by atoms with E-state index < -0.39 is 10.0 Å². The van der Waals surface area contributed by atoms with Crippen LogP contribution in [0, 0.1) is 13.8 Å².